The summed E-state index contributed by atoms with van der Waals surface area (Å²) in [6.45, 7) is 0. The molecule has 0 atom stereocenters. The lowest BCUT2D eigenvalue weighted by Gasteiger charge is -2.03. The van der Waals surface area contributed by atoms with Gasteiger partial charge >= 0.3 is 0 Å². The van der Waals surface area contributed by atoms with Gasteiger partial charge in [-0.2, -0.15) is 0 Å². The van der Waals surface area contributed by atoms with Crippen molar-refractivity contribution in [1.82, 2.24) is 4.98 Å². The van der Waals surface area contributed by atoms with Crippen LogP contribution in [0, 0.1) is 20.2 Å². The Morgan fingerprint density at radius 3 is 2.58 bits per heavy atom. The molecule has 0 bridgehead atoms. The van der Waals surface area contributed by atoms with E-state index in [0.717, 1.165) is 0 Å². The van der Waals surface area contributed by atoms with E-state index in [4.69, 9.17) is 0 Å². The molecule has 11 heteroatoms. The summed E-state index contributed by atoms with van der Waals surface area (Å²) in [5.41, 5.74) is 0.844. The van der Waals surface area contributed by atoms with Crippen molar-refractivity contribution in [3.05, 3.63) is 62.7 Å². The minimum absolute atomic E-state index is 0.0129. The quantitative estimate of drug-likeness (QED) is 0.384. The van der Waals surface area contributed by atoms with Gasteiger partial charge in [-0.05, 0) is 12.1 Å². The van der Waals surface area contributed by atoms with Crippen LogP contribution in [0.4, 0.5) is 17.1 Å². The molecule has 0 fully saturated rings. The highest BCUT2D eigenvalue weighted by Crippen LogP contribution is 2.31. The molecule has 26 heavy (non-hydrogen) atoms. The highest BCUT2D eigenvalue weighted by atomic mass is 32.2. The number of aromatic nitrogens is 1. The van der Waals surface area contributed by atoms with Gasteiger partial charge in [-0.15, -0.1) is 11.3 Å². The second kappa shape index (κ2) is 7.45. The van der Waals surface area contributed by atoms with Gasteiger partial charge in [0.05, 0.1) is 25.8 Å². The Hall–Kier alpha value is -3.05. The van der Waals surface area contributed by atoms with Crippen LogP contribution >= 0.6 is 23.1 Å². The molecular weight excluding hydrogens is 380 g/mol. The lowest BCUT2D eigenvalue weighted by molar-refractivity contribution is -0.384. The summed E-state index contributed by atoms with van der Waals surface area (Å²) >= 11 is 2.45. The van der Waals surface area contributed by atoms with E-state index in [-0.39, 0.29) is 23.0 Å². The molecule has 0 saturated carbocycles. The number of carbonyl (C=O) groups excluding carboxylic acids is 1. The number of rotatable bonds is 6. The van der Waals surface area contributed by atoms with Crippen LogP contribution in [0.25, 0.3) is 10.2 Å². The third kappa shape index (κ3) is 4.13. The summed E-state index contributed by atoms with van der Waals surface area (Å²) in [6, 6.07) is 10.1. The highest BCUT2D eigenvalue weighted by Gasteiger charge is 2.13. The van der Waals surface area contributed by atoms with E-state index in [1.165, 1.54) is 53.4 Å². The zero-order chi connectivity index (χ0) is 18.7. The Bertz CT molecular complexity index is 1020. The number of nitro groups is 2. The molecule has 0 radical (unpaired) electrons. The van der Waals surface area contributed by atoms with Crippen molar-refractivity contribution >= 4 is 56.3 Å². The van der Waals surface area contributed by atoms with Crippen molar-refractivity contribution in [1.29, 1.82) is 0 Å². The van der Waals surface area contributed by atoms with Gasteiger partial charge in [0.2, 0.25) is 5.91 Å². The molecule has 9 nitrogen and oxygen atoms in total. The number of carbonyl (C=O) groups is 1. The normalized spacial score (nSPS) is 10.6. The standard InChI is InChI=1S/C15H10N4O5S2/c20-14(16-9-2-1-3-10(6-9)18(21)22)8-25-15-17-12-5-4-11(19(23)24)7-13(12)26-15/h1-7H,8H2,(H,16,20). The molecule has 132 valence electrons. The molecule has 0 aliphatic rings. The Balaban J connectivity index is 1.64. The van der Waals surface area contributed by atoms with E-state index in [1.54, 1.807) is 12.1 Å². The van der Waals surface area contributed by atoms with Gasteiger partial charge in [0.25, 0.3) is 11.4 Å². The lowest BCUT2D eigenvalue weighted by atomic mass is 10.3. The number of anilines is 1. The lowest BCUT2D eigenvalue weighted by Crippen LogP contribution is -2.13. The van der Waals surface area contributed by atoms with Crippen molar-refractivity contribution < 1.29 is 14.6 Å². The summed E-state index contributed by atoms with van der Waals surface area (Å²) in [4.78, 5) is 36.9. The zero-order valence-corrected chi connectivity index (χ0v) is 14.6. The van der Waals surface area contributed by atoms with Gasteiger partial charge in [-0.1, -0.05) is 17.8 Å². The fourth-order valence-corrected chi connectivity index (χ4v) is 3.99. The first kappa shape index (κ1) is 17.8. The molecule has 0 aliphatic heterocycles. The number of nitrogens with one attached hydrogen (secondary N) is 1. The Kier molecular flexibility index (Phi) is 5.09. The number of benzene rings is 2. The van der Waals surface area contributed by atoms with Crippen LogP contribution in [-0.2, 0) is 4.79 Å². The molecule has 0 unspecified atom stereocenters. The molecule has 3 aromatic rings. The fraction of sp³-hybridized carbons (Fsp3) is 0.0667. The topological polar surface area (TPSA) is 128 Å². The van der Waals surface area contributed by atoms with Gasteiger partial charge < -0.3 is 5.32 Å². The number of nitro benzene ring substituents is 2. The number of hydrogen-bond donors (Lipinski definition) is 1. The maximum atomic E-state index is 12.0. The fourth-order valence-electron chi connectivity index (χ4n) is 2.09. The third-order valence-corrected chi connectivity index (χ3v) is 5.39. The number of thioether (sulfide) groups is 1. The van der Waals surface area contributed by atoms with Gasteiger partial charge in [-0.3, -0.25) is 25.0 Å². The minimum Gasteiger partial charge on any atom is -0.325 e. The molecule has 0 aliphatic carbocycles. The summed E-state index contributed by atoms with van der Waals surface area (Å²) in [5, 5.41) is 24.1. The van der Waals surface area contributed by atoms with Crippen molar-refractivity contribution in [3.8, 4) is 0 Å². The monoisotopic (exact) mass is 390 g/mol. The van der Waals surface area contributed by atoms with Gasteiger partial charge in [-0.25, -0.2) is 4.98 Å². The van der Waals surface area contributed by atoms with Crippen LogP contribution in [0.1, 0.15) is 0 Å². The zero-order valence-electron chi connectivity index (χ0n) is 12.9. The van der Waals surface area contributed by atoms with Gasteiger partial charge in [0.1, 0.15) is 0 Å². The number of non-ortho nitro benzene ring substituents is 2. The van der Waals surface area contributed by atoms with E-state index in [2.05, 4.69) is 10.3 Å². The van der Waals surface area contributed by atoms with Crippen molar-refractivity contribution in [2.75, 3.05) is 11.1 Å². The first-order valence-corrected chi connectivity index (χ1v) is 8.94. The maximum Gasteiger partial charge on any atom is 0.271 e. The SMILES string of the molecule is O=C(CSc1nc2ccc([N+](=O)[O-])cc2s1)Nc1cccc([N+](=O)[O-])c1. The van der Waals surface area contributed by atoms with Crippen LogP contribution in [-0.4, -0.2) is 26.5 Å². The smallest absolute Gasteiger partial charge is 0.271 e. The van der Waals surface area contributed by atoms with Crippen molar-refractivity contribution in [2.45, 2.75) is 4.34 Å². The van der Waals surface area contributed by atoms with E-state index in [0.29, 0.717) is 20.2 Å². The molecule has 1 N–H and O–H groups in total. The average Bonchev–Trinajstić information content (AvgIpc) is 3.02. The summed E-state index contributed by atoms with van der Waals surface area (Å²) < 4.78 is 1.27. The summed E-state index contributed by atoms with van der Waals surface area (Å²) in [7, 11) is 0. The largest absolute Gasteiger partial charge is 0.325 e. The van der Waals surface area contributed by atoms with Crippen molar-refractivity contribution in [2.24, 2.45) is 0 Å². The molecule has 1 aromatic heterocycles. The molecular formula is C15H10N4O5S2. The first-order valence-electron chi connectivity index (χ1n) is 7.14. The maximum absolute atomic E-state index is 12.0. The molecule has 2 aromatic carbocycles. The minimum atomic E-state index is -0.537. The second-order valence-electron chi connectivity index (χ2n) is 5.03. The van der Waals surface area contributed by atoms with Crippen LogP contribution in [0.15, 0.2) is 46.8 Å². The number of amides is 1. The first-order chi connectivity index (χ1) is 12.4. The van der Waals surface area contributed by atoms with Crippen LogP contribution < -0.4 is 5.32 Å². The molecule has 3 rings (SSSR count). The number of thiazole rings is 1. The number of fused-ring (bicyclic) bond motifs is 1. The molecule has 0 spiro atoms. The van der Waals surface area contributed by atoms with E-state index < -0.39 is 9.85 Å². The van der Waals surface area contributed by atoms with E-state index in [1.807, 2.05) is 0 Å². The second-order valence-corrected chi connectivity index (χ2v) is 7.29. The van der Waals surface area contributed by atoms with Crippen LogP contribution in [0.2, 0.25) is 0 Å². The van der Waals surface area contributed by atoms with E-state index in [9.17, 15) is 25.0 Å². The Morgan fingerprint density at radius 2 is 1.85 bits per heavy atom. The number of nitrogens with zero attached hydrogens (tertiary/aromatic N) is 3. The van der Waals surface area contributed by atoms with Crippen LogP contribution in [0.5, 0.6) is 0 Å². The van der Waals surface area contributed by atoms with Crippen molar-refractivity contribution in [3.63, 3.8) is 0 Å². The van der Waals surface area contributed by atoms with E-state index >= 15 is 0 Å². The summed E-state index contributed by atoms with van der Waals surface area (Å²) in [6.07, 6.45) is 0. The third-order valence-electron chi connectivity index (χ3n) is 3.23. The molecule has 0 saturated heterocycles. The van der Waals surface area contributed by atoms with Gasteiger partial charge in [0.15, 0.2) is 4.34 Å². The Morgan fingerprint density at radius 1 is 1.12 bits per heavy atom. The summed E-state index contributed by atoms with van der Waals surface area (Å²) in [5.74, 6) is -0.273. The molecule has 1 heterocycles. The number of hydrogen-bond acceptors (Lipinski definition) is 8. The highest BCUT2D eigenvalue weighted by molar-refractivity contribution is 8.01. The average molecular weight is 390 g/mol. The molecule has 1 amide bonds. The van der Waals surface area contributed by atoms with Gasteiger partial charge in [0, 0.05) is 30.0 Å². The predicted octanol–water partition coefficient (Wildman–Crippen LogP) is 3.84. The van der Waals surface area contributed by atoms with Crippen LogP contribution in [0.3, 0.4) is 0 Å². The Labute approximate surface area is 154 Å². The predicted molar refractivity (Wildman–Crippen MR) is 98.7 cm³/mol.